The molecular formula is C19H27N3O3. The molecule has 0 aliphatic carbocycles. The Morgan fingerprint density at radius 2 is 2.08 bits per heavy atom. The average Bonchev–Trinajstić information content (AvgIpc) is 2.91. The number of aryl methyl sites for hydroxylation is 2. The molecule has 1 aromatic heterocycles. The van der Waals surface area contributed by atoms with Gasteiger partial charge in [0.15, 0.2) is 0 Å². The summed E-state index contributed by atoms with van der Waals surface area (Å²) in [6, 6.07) is 6.12. The SMILES string of the molecule is Cc1ccc2[nH]c(C(=O)N(C)CC(O)CN3CCOCC3)c(C)c2c1. The van der Waals surface area contributed by atoms with E-state index in [1.54, 1.807) is 11.9 Å². The molecule has 136 valence electrons. The van der Waals surface area contributed by atoms with Gasteiger partial charge in [-0.3, -0.25) is 9.69 Å². The van der Waals surface area contributed by atoms with Gasteiger partial charge in [0.2, 0.25) is 0 Å². The number of aliphatic hydroxyl groups excluding tert-OH is 1. The van der Waals surface area contributed by atoms with Gasteiger partial charge in [0.05, 0.1) is 19.3 Å². The summed E-state index contributed by atoms with van der Waals surface area (Å²) in [6.07, 6.45) is -0.570. The van der Waals surface area contributed by atoms with Crippen LogP contribution in [0.3, 0.4) is 0 Å². The van der Waals surface area contributed by atoms with Gasteiger partial charge in [0.1, 0.15) is 5.69 Å². The first-order chi connectivity index (χ1) is 12.0. The first kappa shape index (κ1) is 17.9. The Hall–Kier alpha value is -1.89. The smallest absolute Gasteiger partial charge is 0.270 e. The molecule has 1 atom stereocenters. The number of benzene rings is 1. The molecule has 2 aromatic rings. The number of β-amino-alcohol motifs (C(OH)–C–C–N with tert-alkyl or cyclic N) is 1. The highest BCUT2D eigenvalue weighted by atomic mass is 16.5. The van der Waals surface area contributed by atoms with Crippen LogP contribution in [-0.2, 0) is 4.74 Å². The zero-order valence-corrected chi connectivity index (χ0v) is 15.2. The van der Waals surface area contributed by atoms with Crippen molar-refractivity contribution in [2.45, 2.75) is 20.0 Å². The number of aliphatic hydroxyl groups is 1. The van der Waals surface area contributed by atoms with E-state index in [9.17, 15) is 9.90 Å². The maximum absolute atomic E-state index is 12.8. The molecule has 6 heteroatoms. The Balaban J connectivity index is 1.66. The van der Waals surface area contributed by atoms with Gasteiger partial charge in [-0.1, -0.05) is 11.6 Å². The number of morpholine rings is 1. The monoisotopic (exact) mass is 345 g/mol. The van der Waals surface area contributed by atoms with E-state index < -0.39 is 6.10 Å². The predicted octanol–water partition coefficient (Wildman–Crippen LogP) is 1.55. The number of hydrogen-bond acceptors (Lipinski definition) is 4. The predicted molar refractivity (Wildman–Crippen MR) is 98.0 cm³/mol. The molecule has 3 rings (SSSR count). The Morgan fingerprint density at radius 1 is 1.36 bits per heavy atom. The third-order valence-electron chi connectivity index (χ3n) is 4.83. The third kappa shape index (κ3) is 4.03. The highest BCUT2D eigenvalue weighted by molar-refractivity contribution is 6.00. The Kier molecular flexibility index (Phi) is 5.42. The highest BCUT2D eigenvalue weighted by Crippen LogP contribution is 2.23. The van der Waals surface area contributed by atoms with Crippen LogP contribution in [0.15, 0.2) is 18.2 Å². The second kappa shape index (κ2) is 7.56. The molecular weight excluding hydrogens is 318 g/mol. The van der Waals surface area contributed by atoms with Gasteiger partial charge in [0, 0.05) is 44.1 Å². The van der Waals surface area contributed by atoms with Crippen LogP contribution in [0.25, 0.3) is 10.9 Å². The van der Waals surface area contributed by atoms with Crippen LogP contribution < -0.4 is 0 Å². The van der Waals surface area contributed by atoms with E-state index in [0.717, 1.165) is 29.6 Å². The first-order valence-electron chi connectivity index (χ1n) is 8.78. The maximum atomic E-state index is 12.8. The van der Waals surface area contributed by atoms with Crippen LogP contribution in [0.5, 0.6) is 0 Å². The van der Waals surface area contributed by atoms with Gasteiger partial charge in [-0.25, -0.2) is 0 Å². The average molecular weight is 345 g/mol. The molecule has 1 aliphatic rings. The molecule has 2 heterocycles. The summed E-state index contributed by atoms with van der Waals surface area (Å²) in [5, 5.41) is 11.4. The summed E-state index contributed by atoms with van der Waals surface area (Å²) in [5.41, 5.74) is 3.69. The molecule has 1 aromatic carbocycles. The van der Waals surface area contributed by atoms with Crippen molar-refractivity contribution in [3.8, 4) is 0 Å². The number of H-pyrrole nitrogens is 1. The normalized spacial score (nSPS) is 17.0. The lowest BCUT2D eigenvalue weighted by molar-refractivity contribution is 0.00874. The summed E-state index contributed by atoms with van der Waals surface area (Å²) < 4.78 is 5.32. The minimum Gasteiger partial charge on any atom is -0.390 e. The minimum atomic E-state index is -0.570. The van der Waals surface area contributed by atoms with Crippen molar-refractivity contribution < 1.29 is 14.6 Å². The molecule has 0 radical (unpaired) electrons. The quantitative estimate of drug-likeness (QED) is 0.863. The number of nitrogens with zero attached hydrogens (tertiary/aromatic N) is 2. The van der Waals surface area contributed by atoms with E-state index in [0.29, 0.717) is 32.0 Å². The minimum absolute atomic E-state index is 0.0904. The number of carbonyl (C=O) groups excluding carboxylic acids is 1. The van der Waals surface area contributed by atoms with Crippen LogP contribution in [-0.4, -0.2) is 78.3 Å². The number of aromatic amines is 1. The molecule has 1 fully saturated rings. The van der Waals surface area contributed by atoms with Crippen molar-refractivity contribution >= 4 is 16.8 Å². The number of fused-ring (bicyclic) bond motifs is 1. The van der Waals surface area contributed by atoms with Crippen molar-refractivity contribution in [3.05, 3.63) is 35.0 Å². The van der Waals surface area contributed by atoms with Crippen molar-refractivity contribution in [1.29, 1.82) is 0 Å². The molecule has 1 unspecified atom stereocenters. The third-order valence-corrected chi connectivity index (χ3v) is 4.83. The zero-order chi connectivity index (χ0) is 18.0. The second-order valence-electron chi connectivity index (χ2n) is 6.93. The topological polar surface area (TPSA) is 68.8 Å². The number of amides is 1. The summed E-state index contributed by atoms with van der Waals surface area (Å²) >= 11 is 0. The second-order valence-corrected chi connectivity index (χ2v) is 6.93. The summed E-state index contributed by atoms with van der Waals surface area (Å²) in [6.45, 7) is 7.94. The molecule has 25 heavy (non-hydrogen) atoms. The van der Waals surface area contributed by atoms with Gasteiger partial charge < -0.3 is 19.7 Å². The summed E-state index contributed by atoms with van der Waals surface area (Å²) in [7, 11) is 1.74. The molecule has 0 bridgehead atoms. The molecule has 1 saturated heterocycles. The molecule has 0 saturated carbocycles. The fourth-order valence-corrected chi connectivity index (χ4v) is 3.38. The van der Waals surface area contributed by atoms with Crippen LogP contribution in [0, 0.1) is 13.8 Å². The van der Waals surface area contributed by atoms with Crippen molar-refractivity contribution in [3.63, 3.8) is 0 Å². The van der Waals surface area contributed by atoms with E-state index in [-0.39, 0.29) is 5.91 Å². The lowest BCUT2D eigenvalue weighted by Gasteiger charge is -2.30. The molecule has 1 aliphatic heterocycles. The fraction of sp³-hybridized carbons (Fsp3) is 0.526. The van der Waals surface area contributed by atoms with E-state index in [1.165, 1.54) is 5.56 Å². The Labute approximate surface area is 148 Å². The fourth-order valence-electron chi connectivity index (χ4n) is 3.38. The molecule has 1 amide bonds. The number of ether oxygens (including phenoxy) is 1. The van der Waals surface area contributed by atoms with Gasteiger partial charge in [0.25, 0.3) is 5.91 Å². The number of carbonyl (C=O) groups is 1. The standard InChI is InChI=1S/C19H27N3O3/c1-13-4-5-17-16(10-13)14(2)18(20-17)19(24)21(3)11-15(23)12-22-6-8-25-9-7-22/h4-5,10,15,20,23H,6-9,11-12H2,1-3H3. The highest BCUT2D eigenvalue weighted by Gasteiger charge is 2.22. The first-order valence-corrected chi connectivity index (χ1v) is 8.78. The summed E-state index contributed by atoms with van der Waals surface area (Å²) in [5.74, 6) is -0.0904. The van der Waals surface area contributed by atoms with E-state index in [1.807, 2.05) is 26.0 Å². The van der Waals surface area contributed by atoms with E-state index >= 15 is 0 Å². The lowest BCUT2D eigenvalue weighted by atomic mass is 10.1. The number of hydrogen-bond donors (Lipinski definition) is 2. The van der Waals surface area contributed by atoms with Gasteiger partial charge >= 0.3 is 0 Å². The molecule has 6 nitrogen and oxygen atoms in total. The van der Waals surface area contributed by atoms with Gasteiger partial charge in [-0.2, -0.15) is 0 Å². The van der Waals surface area contributed by atoms with Gasteiger partial charge in [-0.15, -0.1) is 0 Å². The number of rotatable bonds is 5. The lowest BCUT2D eigenvalue weighted by Crippen LogP contribution is -2.45. The summed E-state index contributed by atoms with van der Waals surface area (Å²) in [4.78, 5) is 19.8. The van der Waals surface area contributed by atoms with Crippen LogP contribution in [0.2, 0.25) is 0 Å². The number of nitrogens with one attached hydrogen (secondary N) is 1. The van der Waals surface area contributed by atoms with Crippen molar-refractivity contribution in [2.24, 2.45) is 0 Å². The van der Waals surface area contributed by atoms with E-state index in [2.05, 4.69) is 16.0 Å². The Bertz CT molecular complexity index is 750. The molecule has 2 N–H and O–H groups in total. The number of likely N-dealkylation sites (N-methyl/N-ethyl adjacent to an activating group) is 1. The van der Waals surface area contributed by atoms with Crippen LogP contribution >= 0.6 is 0 Å². The largest absolute Gasteiger partial charge is 0.390 e. The van der Waals surface area contributed by atoms with Crippen molar-refractivity contribution in [1.82, 2.24) is 14.8 Å². The van der Waals surface area contributed by atoms with Crippen LogP contribution in [0.4, 0.5) is 0 Å². The maximum Gasteiger partial charge on any atom is 0.270 e. The zero-order valence-electron chi connectivity index (χ0n) is 15.2. The number of aromatic nitrogens is 1. The van der Waals surface area contributed by atoms with Crippen LogP contribution in [0.1, 0.15) is 21.6 Å². The van der Waals surface area contributed by atoms with E-state index in [4.69, 9.17) is 4.74 Å². The van der Waals surface area contributed by atoms with Gasteiger partial charge in [-0.05, 0) is 31.5 Å². The Morgan fingerprint density at radius 3 is 2.80 bits per heavy atom. The van der Waals surface area contributed by atoms with Crippen molar-refractivity contribution in [2.75, 3.05) is 46.4 Å². The molecule has 0 spiro atoms.